The van der Waals surface area contributed by atoms with Crippen molar-refractivity contribution in [3.63, 3.8) is 0 Å². The van der Waals surface area contributed by atoms with E-state index in [4.69, 9.17) is 9.47 Å². The fraction of sp³-hybridized carbons (Fsp3) is 0.440. The van der Waals surface area contributed by atoms with Gasteiger partial charge in [0.05, 0.1) is 19.6 Å². The number of benzene rings is 2. The van der Waals surface area contributed by atoms with E-state index in [2.05, 4.69) is 31.3 Å². The van der Waals surface area contributed by atoms with Crippen LogP contribution in [0.2, 0.25) is 0 Å². The molecule has 2 amide bonds. The van der Waals surface area contributed by atoms with Crippen LogP contribution in [-0.4, -0.2) is 43.0 Å². The van der Waals surface area contributed by atoms with E-state index in [-0.39, 0.29) is 30.4 Å². The largest absolute Gasteiger partial charge is 0.497 e. The number of methoxy groups -OCH3 is 1. The van der Waals surface area contributed by atoms with Gasteiger partial charge >= 0.3 is 0 Å². The molecule has 1 aliphatic rings. The van der Waals surface area contributed by atoms with Gasteiger partial charge < -0.3 is 19.7 Å². The van der Waals surface area contributed by atoms with Crippen molar-refractivity contribution in [1.82, 2.24) is 10.2 Å². The van der Waals surface area contributed by atoms with Crippen LogP contribution in [0.15, 0.2) is 42.5 Å². The van der Waals surface area contributed by atoms with Gasteiger partial charge in [0, 0.05) is 32.9 Å². The normalized spacial score (nSPS) is 15.3. The van der Waals surface area contributed by atoms with Crippen molar-refractivity contribution in [2.75, 3.05) is 20.2 Å². The highest BCUT2D eigenvalue weighted by Crippen LogP contribution is 2.24. The highest BCUT2D eigenvalue weighted by atomic mass is 16.5. The summed E-state index contributed by atoms with van der Waals surface area (Å²) in [5.41, 5.74) is 3.35. The molecule has 0 spiro atoms. The number of hydrogen-bond acceptors (Lipinski definition) is 4. The number of ether oxygens (including phenoxy) is 2. The van der Waals surface area contributed by atoms with E-state index in [0.717, 1.165) is 29.9 Å². The fourth-order valence-corrected chi connectivity index (χ4v) is 3.84. The molecule has 1 heterocycles. The number of carbonyl (C=O) groups is 2. The van der Waals surface area contributed by atoms with Crippen LogP contribution in [0.25, 0.3) is 0 Å². The molecule has 2 aromatic rings. The smallest absolute Gasteiger partial charge is 0.224 e. The number of amides is 2. The van der Waals surface area contributed by atoms with Crippen molar-refractivity contribution in [1.29, 1.82) is 0 Å². The van der Waals surface area contributed by atoms with E-state index >= 15 is 0 Å². The zero-order valence-electron chi connectivity index (χ0n) is 18.8. The number of likely N-dealkylation sites (tertiary alicyclic amines) is 1. The van der Waals surface area contributed by atoms with Crippen LogP contribution in [0.5, 0.6) is 11.5 Å². The molecule has 1 aliphatic heterocycles. The van der Waals surface area contributed by atoms with Crippen LogP contribution in [-0.2, 0) is 9.59 Å². The Labute approximate surface area is 184 Å². The summed E-state index contributed by atoms with van der Waals surface area (Å²) < 4.78 is 11.3. The third-order valence-corrected chi connectivity index (χ3v) is 5.85. The Balaban J connectivity index is 1.56. The second-order valence-corrected chi connectivity index (χ2v) is 8.17. The maximum atomic E-state index is 12.9. The highest BCUT2D eigenvalue weighted by Gasteiger charge is 2.26. The Kier molecular flexibility index (Phi) is 7.55. The van der Waals surface area contributed by atoms with E-state index in [9.17, 15) is 9.59 Å². The van der Waals surface area contributed by atoms with Gasteiger partial charge in [-0.1, -0.05) is 18.2 Å². The van der Waals surface area contributed by atoms with Gasteiger partial charge in [-0.15, -0.1) is 0 Å². The highest BCUT2D eigenvalue weighted by molar-refractivity contribution is 5.79. The topological polar surface area (TPSA) is 67.9 Å². The van der Waals surface area contributed by atoms with E-state index in [1.807, 2.05) is 35.2 Å². The van der Waals surface area contributed by atoms with Crippen LogP contribution in [0.3, 0.4) is 0 Å². The molecule has 31 heavy (non-hydrogen) atoms. The first-order valence-electron chi connectivity index (χ1n) is 10.8. The molecule has 0 aliphatic carbocycles. The summed E-state index contributed by atoms with van der Waals surface area (Å²) >= 11 is 0. The first-order valence-corrected chi connectivity index (χ1v) is 10.8. The monoisotopic (exact) mass is 424 g/mol. The van der Waals surface area contributed by atoms with Crippen LogP contribution < -0.4 is 14.8 Å². The Bertz CT molecular complexity index is 902. The number of nitrogens with one attached hydrogen (secondary N) is 1. The molecule has 1 fully saturated rings. The molecule has 2 aromatic carbocycles. The lowest BCUT2D eigenvalue weighted by Crippen LogP contribution is -2.43. The van der Waals surface area contributed by atoms with Gasteiger partial charge in [0.2, 0.25) is 11.8 Å². The summed E-state index contributed by atoms with van der Waals surface area (Å²) in [5.74, 6) is 1.51. The van der Waals surface area contributed by atoms with Crippen molar-refractivity contribution >= 4 is 11.8 Å². The summed E-state index contributed by atoms with van der Waals surface area (Å²) in [5, 5.41) is 2.90. The molecule has 0 saturated carbocycles. The lowest BCUT2D eigenvalue weighted by atomic mass is 10.0. The van der Waals surface area contributed by atoms with Gasteiger partial charge in [0.1, 0.15) is 17.6 Å². The average Bonchev–Trinajstić information content (AvgIpc) is 2.76. The van der Waals surface area contributed by atoms with Gasteiger partial charge in [0.25, 0.3) is 0 Å². The Morgan fingerprint density at radius 1 is 1.03 bits per heavy atom. The van der Waals surface area contributed by atoms with Crippen LogP contribution in [0.4, 0.5) is 0 Å². The molecular weight excluding hydrogens is 392 g/mol. The quantitative estimate of drug-likeness (QED) is 0.731. The Hall–Kier alpha value is -3.02. The van der Waals surface area contributed by atoms with Gasteiger partial charge in [-0.2, -0.15) is 0 Å². The first-order chi connectivity index (χ1) is 14.9. The number of hydrogen-bond donors (Lipinski definition) is 1. The second kappa shape index (κ2) is 10.3. The van der Waals surface area contributed by atoms with Crippen molar-refractivity contribution in [3.8, 4) is 11.5 Å². The predicted molar refractivity (Wildman–Crippen MR) is 120 cm³/mol. The molecule has 0 radical (unpaired) electrons. The molecule has 0 bridgehead atoms. The molecule has 0 aromatic heterocycles. The summed E-state index contributed by atoms with van der Waals surface area (Å²) in [6.07, 6.45) is 1.94. The van der Waals surface area contributed by atoms with Gasteiger partial charge in [-0.05, 0) is 54.8 Å². The van der Waals surface area contributed by atoms with Gasteiger partial charge in [0.15, 0.2) is 0 Å². The van der Waals surface area contributed by atoms with Gasteiger partial charge in [-0.3, -0.25) is 9.59 Å². The van der Waals surface area contributed by atoms with Crippen molar-refractivity contribution in [3.05, 3.63) is 59.2 Å². The Morgan fingerprint density at radius 3 is 2.26 bits per heavy atom. The molecule has 1 saturated heterocycles. The lowest BCUT2D eigenvalue weighted by molar-refractivity contribution is -0.133. The molecule has 6 heteroatoms. The van der Waals surface area contributed by atoms with E-state index in [0.29, 0.717) is 13.1 Å². The maximum Gasteiger partial charge on any atom is 0.224 e. The minimum Gasteiger partial charge on any atom is -0.497 e. The molecule has 6 nitrogen and oxygen atoms in total. The van der Waals surface area contributed by atoms with Crippen LogP contribution in [0.1, 0.15) is 48.9 Å². The average molecular weight is 425 g/mol. The third-order valence-electron chi connectivity index (χ3n) is 5.85. The minimum atomic E-state index is -0.361. The number of rotatable bonds is 7. The molecule has 3 rings (SSSR count). The third kappa shape index (κ3) is 6.23. The number of nitrogens with zero attached hydrogens (tertiary/aromatic N) is 1. The summed E-state index contributed by atoms with van der Waals surface area (Å²) in [6.45, 7) is 6.95. The molecule has 1 unspecified atom stereocenters. The molecule has 166 valence electrons. The molecule has 1 atom stereocenters. The number of aryl methyl sites for hydroxylation is 2. The lowest BCUT2D eigenvalue weighted by Gasteiger charge is -2.33. The van der Waals surface area contributed by atoms with Crippen molar-refractivity contribution < 1.29 is 19.1 Å². The number of carbonyl (C=O) groups excluding carboxylic acids is 2. The fourth-order valence-electron chi connectivity index (χ4n) is 3.84. The predicted octanol–water partition coefficient (Wildman–Crippen LogP) is 3.95. The summed E-state index contributed by atoms with van der Waals surface area (Å²) in [7, 11) is 1.61. The van der Waals surface area contributed by atoms with E-state index in [1.165, 1.54) is 18.1 Å². The van der Waals surface area contributed by atoms with Crippen molar-refractivity contribution in [2.24, 2.45) is 0 Å². The maximum absolute atomic E-state index is 12.9. The van der Waals surface area contributed by atoms with E-state index < -0.39 is 0 Å². The van der Waals surface area contributed by atoms with E-state index in [1.54, 1.807) is 7.11 Å². The summed E-state index contributed by atoms with van der Waals surface area (Å²) in [4.78, 5) is 26.5. The zero-order chi connectivity index (χ0) is 22.4. The standard InChI is InChI=1S/C25H32N2O4/c1-17-5-8-23(15-18(17)2)31-22-11-13-27(14-12-22)25(29)16-24(26-19(3)28)20-6-9-21(30-4)10-7-20/h5-10,15,22,24H,11-14,16H2,1-4H3,(H,26,28). The van der Waals surface area contributed by atoms with Gasteiger partial charge in [-0.25, -0.2) is 0 Å². The minimum absolute atomic E-state index is 0.0409. The van der Waals surface area contributed by atoms with Crippen LogP contribution >= 0.6 is 0 Å². The van der Waals surface area contributed by atoms with Crippen LogP contribution in [0, 0.1) is 13.8 Å². The Morgan fingerprint density at radius 2 is 1.68 bits per heavy atom. The number of piperidine rings is 1. The SMILES string of the molecule is COc1ccc(C(CC(=O)N2CCC(Oc3ccc(C)c(C)c3)CC2)NC(C)=O)cc1. The van der Waals surface area contributed by atoms with Crippen molar-refractivity contribution in [2.45, 2.75) is 52.2 Å². The molecule has 1 N–H and O–H groups in total. The summed E-state index contributed by atoms with van der Waals surface area (Å²) in [6, 6.07) is 13.2. The first kappa shape index (κ1) is 22.7. The second-order valence-electron chi connectivity index (χ2n) is 8.17. The molecular formula is C25H32N2O4. The zero-order valence-corrected chi connectivity index (χ0v) is 18.8.